The van der Waals surface area contributed by atoms with Crippen LogP contribution in [0.3, 0.4) is 0 Å². The highest BCUT2D eigenvalue weighted by atomic mass is 16.5. The Kier molecular flexibility index (Phi) is 7.59. The maximum atomic E-state index is 13.2. The van der Waals surface area contributed by atoms with Gasteiger partial charge < -0.3 is 19.6 Å². The average Bonchev–Trinajstić information content (AvgIpc) is 3.04. The first kappa shape index (κ1) is 24.5. The van der Waals surface area contributed by atoms with Gasteiger partial charge in [-0.2, -0.15) is 0 Å². The van der Waals surface area contributed by atoms with E-state index >= 15 is 0 Å². The Balaban J connectivity index is 2.14. The van der Waals surface area contributed by atoms with Gasteiger partial charge in [0.05, 0.1) is 18.7 Å². The fourth-order valence-corrected chi connectivity index (χ4v) is 4.36. The van der Waals surface area contributed by atoms with Crippen molar-refractivity contribution in [3.05, 3.63) is 69.8 Å². The van der Waals surface area contributed by atoms with Crippen LogP contribution in [0.2, 0.25) is 0 Å². The minimum atomic E-state index is -0.644. The minimum absolute atomic E-state index is 0.141. The van der Waals surface area contributed by atoms with Crippen LogP contribution in [-0.4, -0.2) is 60.9 Å². The summed E-state index contributed by atoms with van der Waals surface area (Å²) in [5, 5.41) is 11.4. The molecule has 0 aromatic heterocycles. The number of hydrogen-bond donors (Lipinski definition) is 1. The standard InChI is InChI=1S/C27H34N2O4/c1-7-19-9-11-20(12-10-19)24-23(26(31)27(32)29(24)14-8-13-28(4)5)25(30)21-15-18(3)22(33-6)16-17(21)2/h9-12,15-16,24,30H,7-8,13-14H2,1-6H3/b25-23+. The number of hydrogen-bond acceptors (Lipinski definition) is 5. The molecule has 1 aliphatic rings. The van der Waals surface area contributed by atoms with Crippen molar-refractivity contribution < 1.29 is 19.4 Å². The molecule has 1 saturated heterocycles. The van der Waals surface area contributed by atoms with Crippen LogP contribution in [-0.2, 0) is 16.0 Å². The number of carbonyl (C=O) groups excluding carboxylic acids is 2. The van der Waals surface area contributed by atoms with Gasteiger partial charge in [-0.05, 0) is 81.7 Å². The van der Waals surface area contributed by atoms with Crippen LogP contribution in [0.5, 0.6) is 5.75 Å². The molecule has 0 radical (unpaired) electrons. The smallest absolute Gasteiger partial charge is 0.295 e. The molecule has 1 N–H and O–H groups in total. The Labute approximate surface area is 196 Å². The highest BCUT2D eigenvalue weighted by Crippen LogP contribution is 2.40. The second-order valence-corrected chi connectivity index (χ2v) is 8.88. The molecule has 1 aliphatic heterocycles. The van der Waals surface area contributed by atoms with Crippen LogP contribution in [0.1, 0.15) is 47.2 Å². The van der Waals surface area contributed by atoms with Crippen molar-refractivity contribution in [2.45, 2.75) is 39.7 Å². The van der Waals surface area contributed by atoms with Crippen LogP contribution in [0.4, 0.5) is 0 Å². The molecule has 1 amide bonds. The number of benzene rings is 2. The lowest BCUT2D eigenvalue weighted by molar-refractivity contribution is -0.139. The van der Waals surface area contributed by atoms with E-state index in [4.69, 9.17) is 4.74 Å². The molecular weight excluding hydrogens is 416 g/mol. The Morgan fingerprint density at radius 2 is 1.76 bits per heavy atom. The normalized spacial score (nSPS) is 17.8. The molecular formula is C27H34N2O4. The molecule has 6 nitrogen and oxygen atoms in total. The van der Waals surface area contributed by atoms with E-state index in [0.717, 1.165) is 36.1 Å². The Morgan fingerprint density at radius 3 is 2.33 bits per heavy atom. The summed E-state index contributed by atoms with van der Waals surface area (Å²) >= 11 is 0. The third kappa shape index (κ3) is 4.96. The van der Waals surface area contributed by atoms with Gasteiger partial charge in [0.1, 0.15) is 11.5 Å². The zero-order valence-corrected chi connectivity index (χ0v) is 20.4. The van der Waals surface area contributed by atoms with Crippen molar-refractivity contribution in [3.8, 4) is 5.75 Å². The maximum absolute atomic E-state index is 13.2. The number of aliphatic hydroxyl groups is 1. The molecule has 1 unspecified atom stereocenters. The van der Waals surface area contributed by atoms with E-state index < -0.39 is 17.7 Å². The van der Waals surface area contributed by atoms with E-state index in [1.54, 1.807) is 18.1 Å². The number of nitrogens with zero attached hydrogens (tertiary/aromatic N) is 2. The zero-order chi connectivity index (χ0) is 24.3. The van der Waals surface area contributed by atoms with Gasteiger partial charge in [-0.1, -0.05) is 31.2 Å². The highest BCUT2D eigenvalue weighted by Gasteiger charge is 2.45. The lowest BCUT2D eigenvalue weighted by Crippen LogP contribution is -2.32. The predicted molar refractivity (Wildman–Crippen MR) is 130 cm³/mol. The van der Waals surface area contributed by atoms with Gasteiger partial charge in [0, 0.05) is 12.1 Å². The van der Waals surface area contributed by atoms with Gasteiger partial charge >= 0.3 is 0 Å². The number of carbonyl (C=O) groups is 2. The number of aliphatic hydroxyl groups excluding tert-OH is 1. The summed E-state index contributed by atoms with van der Waals surface area (Å²) in [7, 11) is 5.55. The topological polar surface area (TPSA) is 70.1 Å². The summed E-state index contributed by atoms with van der Waals surface area (Å²) in [6.45, 7) is 7.05. The number of likely N-dealkylation sites (tertiary alicyclic amines) is 1. The fourth-order valence-electron chi connectivity index (χ4n) is 4.36. The molecule has 1 fully saturated rings. The first-order chi connectivity index (χ1) is 15.7. The summed E-state index contributed by atoms with van der Waals surface area (Å²) < 4.78 is 5.39. The third-order valence-electron chi connectivity index (χ3n) is 6.24. The van der Waals surface area contributed by atoms with Crippen molar-refractivity contribution in [1.29, 1.82) is 0 Å². The molecule has 176 valence electrons. The van der Waals surface area contributed by atoms with E-state index in [0.29, 0.717) is 17.9 Å². The van der Waals surface area contributed by atoms with Crippen LogP contribution < -0.4 is 4.74 Å². The molecule has 0 aliphatic carbocycles. The van der Waals surface area contributed by atoms with E-state index in [2.05, 4.69) is 6.92 Å². The van der Waals surface area contributed by atoms with Crippen LogP contribution in [0.25, 0.3) is 5.76 Å². The van der Waals surface area contributed by atoms with Gasteiger partial charge in [0.2, 0.25) is 0 Å². The average molecular weight is 451 g/mol. The number of rotatable bonds is 8. The van der Waals surface area contributed by atoms with Gasteiger partial charge in [0.15, 0.2) is 0 Å². The number of ketones is 1. The van der Waals surface area contributed by atoms with E-state index in [-0.39, 0.29) is 11.3 Å². The fraction of sp³-hybridized carbons (Fsp3) is 0.407. The van der Waals surface area contributed by atoms with Crippen molar-refractivity contribution >= 4 is 17.4 Å². The molecule has 6 heteroatoms. The van der Waals surface area contributed by atoms with Gasteiger partial charge in [-0.3, -0.25) is 9.59 Å². The van der Waals surface area contributed by atoms with Crippen molar-refractivity contribution in [1.82, 2.24) is 9.80 Å². The first-order valence-corrected chi connectivity index (χ1v) is 11.4. The van der Waals surface area contributed by atoms with Gasteiger partial charge in [0.25, 0.3) is 11.7 Å². The molecule has 0 spiro atoms. The zero-order valence-electron chi connectivity index (χ0n) is 20.4. The quantitative estimate of drug-likeness (QED) is 0.370. The van der Waals surface area contributed by atoms with E-state index in [1.165, 1.54) is 5.56 Å². The summed E-state index contributed by atoms with van der Waals surface area (Å²) in [5.74, 6) is -0.645. The maximum Gasteiger partial charge on any atom is 0.295 e. The Morgan fingerprint density at radius 1 is 1.09 bits per heavy atom. The number of aryl methyl sites for hydroxylation is 3. The van der Waals surface area contributed by atoms with Gasteiger partial charge in [-0.15, -0.1) is 0 Å². The lowest BCUT2D eigenvalue weighted by Gasteiger charge is -2.26. The minimum Gasteiger partial charge on any atom is -0.507 e. The molecule has 2 aromatic rings. The largest absolute Gasteiger partial charge is 0.507 e. The number of Topliss-reactive ketones (excluding diaryl/α,β-unsaturated/α-hetero) is 1. The second-order valence-electron chi connectivity index (χ2n) is 8.88. The van der Waals surface area contributed by atoms with E-state index in [9.17, 15) is 14.7 Å². The van der Waals surface area contributed by atoms with Crippen molar-refractivity contribution in [2.24, 2.45) is 0 Å². The summed E-state index contributed by atoms with van der Waals surface area (Å²) in [4.78, 5) is 29.9. The highest BCUT2D eigenvalue weighted by molar-refractivity contribution is 6.46. The molecule has 0 saturated carbocycles. The second kappa shape index (κ2) is 10.2. The Bertz CT molecular complexity index is 1070. The molecule has 2 aromatic carbocycles. The van der Waals surface area contributed by atoms with Crippen LogP contribution in [0.15, 0.2) is 42.0 Å². The van der Waals surface area contributed by atoms with Crippen molar-refractivity contribution in [3.63, 3.8) is 0 Å². The van der Waals surface area contributed by atoms with Crippen LogP contribution in [0, 0.1) is 13.8 Å². The van der Waals surface area contributed by atoms with E-state index in [1.807, 2.05) is 63.2 Å². The summed E-state index contributed by atoms with van der Waals surface area (Å²) in [6, 6.07) is 10.9. The van der Waals surface area contributed by atoms with Crippen LogP contribution >= 0.6 is 0 Å². The summed E-state index contributed by atoms with van der Waals surface area (Å²) in [6.07, 6.45) is 1.62. The van der Waals surface area contributed by atoms with Gasteiger partial charge in [-0.25, -0.2) is 0 Å². The monoisotopic (exact) mass is 450 g/mol. The first-order valence-electron chi connectivity index (χ1n) is 11.4. The number of amides is 1. The molecule has 0 bridgehead atoms. The molecule has 33 heavy (non-hydrogen) atoms. The number of methoxy groups -OCH3 is 1. The lowest BCUT2D eigenvalue weighted by atomic mass is 9.92. The number of ether oxygens (including phenoxy) is 1. The SMILES string of the molecule is CCc1ccc(C2/C(=C(\O)c3cc(C)c(OC)cc3C)C(=O)C(=O)N2CCCN(C)C)cc1. The Hall–Kier alpha value is -3.12. The third-order valence-corrected chi connectivity index (χ3v) is 6.24. The molecule has 1 atom stereocenters. The summed E-state index contributed by atoms with van der Waals surface area (Å²) in [5.41, 5.74) is 4.28. The predicted octanol–water partition coefficient (Wildman–Crippen LogP) is 4.25. The molecule has 3 rings (SSSR count). The van der Waals surface area contributed by atoms with Crippen molar-refractivity contribution in [2.75, 3.05) is 34.3 Å². The molecule has 1 heterocycles.